The van der Waals surface area contributed by atoms with Gasteiger partial charge in [-0.1, -0.05) is 30.9 Å². The van der Waals surface area contributed by atoms with Crippen molar-refractivity contribution in [1.29, 1.82) is 0 Å². The van der Waals surface area contributed by atoms with Crippen LogP contribution >= 0.6 is 45.2 Å². The molecule has 0 atom stereocenters. The highest BCUT2D eigenvalue weighted by atomic mass is 127. The number of nitrogens with zero attached hydrogens (tertiary/aromatic N) is 1. The van der Waals surface area contributed by atoms with Gasteiger partial charge in [0.05, 0.1) is 7.14 Å². The molecule has 0 unspecified atom stereocenters. The molecule has 0 fully saturated rings. The fraction of sp³-hybridized carbons (Fsp3) is 0.0526. The van der Waals surface area contributed by atoms with E-state index in [1.165, 1.54) is 0 Å². The van der Waals surface area contributed by atoms with Gasteiger partial charge < -0.3 is 9.47 Å². The van der Waals surface area contributed by atoms with Crippen LogP contribution in [0.2, 0.25) is 0 Å². The monoisotopic (exact) mass is 557 g/mol. The summed E-state index contributed by atoms with van der Waals surface area (Å²) in [7, 11) is 0. The number of carbonyl (C=O) groups is 1. The van der Waals surface area contributed by atoms with E-state index < -0.39 is 5.97 Å². The summed E-state index contributed by atoms with van der Waals surface area (Å²) in [5, 5.41) is 0. The minimum atomic E-state index is -0.448. The zero-order valence-electron chi connectivity index (χ0n) is 13.0. The highest BCUT2D eigenvalue weighted by Crippen LogP contribution is 2.30. The highest BCUT2D eigenvalue weighted by molar-refractivity contribution is 14.1. The number of benzene rings is 2. The summed E-state index contributed by atoms with van der Waals surface area (Å²) in [6.07, 6.45) is 3.43. The van der Waals surface area contributed by atoms with E-state index in [-0.39, 0.29) is 5.70 Å². The number of cyclic esters (lactones) is 1. The van der Waals surface area contributed by atoms with Gasteiger partial charge in [-0.05, 0) is 81.1 Å². The van der Waals surface area contributed by atoms with Crippen LogP contribution in [0.3, 0.4) is 0 Å². The molecule has 0 N–H and O–H groups in total. The average Bonchev–Trinajstić information content (AvgIpc) is 2.96. The summed E-state index contributed by atoms with van der Waals surface area (Å²) < 4.78 is 12.8. The molecule has 3 rings (SSSR count). The Labute approximate surface area is 172 Å². The van der Waals surface area contributed by atoms with Crippen LogP contribution in [0.1, 0.15) is 11.1 Å². The molecule has 0 aliphatic carbocycles. The van der Waals surface area contributed by atoms with E-state index in [1.807, 2.05) is 42.5 Å². The number of hydrogen-bond donors (Lipinski definition) is 0. The Bertz CT molecular complexity index is 866. The first kappa shape index (κ1) is 18.1. The highest BCUT2D eigenvalue weighted by Gasteiger charge is 2.24. The molecular weight excluding hydrogens is 544 g/mol. The molecule has 1 aliphatic heterocycles. The van der Waals surface area contributed by atoms with Crippen LogP contribution in [-0.4, -0.2) is 18.5 Å². The standard InChI is InChI=1S/C19H13I2NO3/c1-2-8-24-17-14(20)9-12(10-15(17)21)11-16-19(23)25-18(22-16)13-6-4-3-5-7-13/h2-7,9-11H,1,8H2/b16-11+. The lowest BCUT2D eigenvalue weighted by atomic mass is 10.2. The zero-order valence-corrected chi connectivity index (χ0v) is 17.4. The van der Waals surface area contributed by atoms with E-state index in [0.717, 1.165) is 24.0 Å². The Hall–Kier alpha value is -1.68. The molecule has 1 aliphatic rings. The quantitative estimate of drug-likeness (QED) is 0.230. The maximum absolute atomic E-state index is 12.1. The number of ether oxygens (including phenoxy) is 2. The fourth-order valence-corrected chi connectivity index (χ4v) is 4.34. The SMILES string of the molecule is C=CCOc1c(I)cc(/C=C2/N=C(c3ccccc3)OC2=O)cc1I. The number of esters is 1. The van der Waals surface area contributed by atoms with Gasteiger partial charge in [-0.15, -0.1) is 0 Å². The van der Waals surface area contributed by atoms with Gasteiger partial charge in [0.25, 0.3) is 0 Å². The third-order valence-electron chi connectivity index (χ3n) is 3.31. The van der Waals surface area contributed by atoms with Crippen molar-refractivity contribution in [1.82, 2.24) is 0 Å². The van der Waals surface area contributed by atoms with Crippen LogP contribution in [0.25, 0.3) is 6.08 Å². The number of hydrogen-bond acceptors (Lipinski definition) is 4. The van der Waals surface area contributed by atoms with Gasteiger partial charge in [-0.25, -0.2) is 9.79 Å². The lowest BCUT2D eigenvalue weighted by Crippen LogP contribution is -2.05. The molecule has 0 bridgehead atoms. The fourth-order valence-electron chi connectivity index (χ4n) is 2.21. The summed E-state index contributed by atoms with van der Waals surface area (Å²) in [4.78, 5) is 16.4. The summed E-state index contributed by atoms with van der Waals surface area (Å²) >= 11 is 4.42. The van der Waals surface area contributed by atoms with Crippen molar-refractivity contribution in [3.63, 3.8) is 0 Å². The van der Waals surface area contributed by atoms with Crippen molar-refractivity contribution in [2.24, 2.45) is 4.99 Å². The van der Waals surface area contributed by atoms with Crippen LogP contribution in [0.15, 0.2) is 65.8 Å². The minimum Gasteiger partial charge on any atom is -0.487 e. The van der Waals surface area contributed by atoms with Gasteiger partial charge in [-0.3, -0.25) is 0 Å². The summed E-state index contributed by atoms with van der Waals surface area (Å²) in [6.45, 7) is 4.10. The molecule has 0 radical (unpaired) electrons. The van der Waals surface area contributed by atoms with E-state index in [4.69, 9.17) is 9.47 Å². The lowest BCUT2D eigenvalue weighted by Gasteiger charge is -2.09. The van der Waals surface area contributed by atoms with Gasteiger partial charge >= 0.3 is 5.97 Å². The van der Waals surface area contributed by atoms with E-state index in [1.54, 1.807) is 12.2 Å². The molecule has 126 valence electrons. The Morgan fingerprint density at radius 3 is 2.48 bits per heavy atom. The molecule has 0 aromatic heterocycles. The Kier molecular flexibility index (Phi) is 5.89. The summed E-state index contributed by atoms with van der Waals surface area (Å²) in [5.41, 5.74) is 1.92. The van der Waals surface area contributed by atoms with Crippen molar-refractivity contribution in [3.8, 4) is 5.75 Å². The molecule has 0 amide bonds. The third kappa shape index (κ3) is 4.30. The van der Waals surface area contributed by atoms with Gasteiger partial charge in [-0.2, -0.15) is 0 Å². The number of carbonyl (C=O) groups excluding carboxylic acids is 1. The smallest absolute Gasteiger partial charge is 0.363 e. The largest absolute Gasteiger partial charge is 0.487 e. The lowest BCUT2D eigenvalue weighted by molar-refractivity contribution is -0.129. The second-order valence-electron chi connectivity index (χ2n) is 5.12. The first-order valence-electron chi connectivity index (χ1n) is 7.39. The topological polar surface area (TPSA) is 47.9 Å². The van der Waals surface area contributed by atoms with Crippen LogP contribution in [0.5, 0.6) is 5.75 Å². The van der Waals surface area contributed by atoms with Crippen LogP contribution in [0.4, 0.5) is 0 Å². The number of aliphatic imine (C=N–C) groups is 1. The van der Waals surface area contributed by atoms with Gasteiger partial charge in [0.1, 0.15) is 12.4 Å². The van der Waals surface area contributed by atoms with E-state index in [2.05, 4.69) is 56.8 Å². The Morgan fingerprint density at radius 1 is 1.16 bits per heavy atom. The first-order chi connectivity index (χ1) is 12.1. The van der Waals surface area contributed by atoms with Gasteiger partial charge in [0, 0.05) is 5.56 Å². The Balaban J connectivity index is 1.91. The Morgan fingerprint density at radius 2 is 1.84 bits per heavy atom. The molecule has 0 saturated heterocycles. The molecule has 6 heteroatoms. The van der Waals surface area contributed by atoms with Crippen LogP contribution in [-0.2, 0) is 9.53 Å². The first-order valence-corrected chi connectivity index (χ1v) is 9.55. The molecule has 1 heterocycles. The maximum Gasteiger partial charge on any atom is 0.363 e. The second kappa shape index (κ2) is 8.13. The van der Waals surface area contributed by atoms with E-state index in [9.17, 15) is 4.79 Å². The average molecular weight is 557 g/mol. The van der Waals surface area contributed by atoms with Crippen molar-refractivity contribution >= 4 is 63.1 Å². The predicted molar refractivity (Wildman–Crippen MR) is 115 cm³/mol. The summed E-state index contributed by atoms with van der Waals surface area (Å²) in [5.74, 6) is 0.689. The van der Waals surface area contributed by atoms with Crippen molar-refractivity contribution in [3.05, 3.63) is 79.1 Å². The molecule has 4 nitrogen and oxygen atoms in total. The van der Waals surface area contributed by atoms with Crippen LogP contribution < -0.4 is 4.74 Å². The molecule has 0 spiro atoms. The van der Waals surface area contributed by atoms with E-state index in [0.29, 0.717) is 12.5 Å². The third-order valence-corrected chi connectivity index (χ3v) is 4.91. The summed E-state index contributed by atoms with van der Waals surface area (Å²) in [6, 6.07) is 13.2. The molecular formula is C19H13I2NO3. The van der Waals surface area contributed by atoms with Crippen molar-refractivity contribution in [2.45, 2.75) is 0 Å². The molecule has 0 saturated carbocycles. The van der Waals surface area contributed by atoms with Crippen LogP contribution in [0, 0.1) is 7.14 Å². The number of halogens is 2. The predicted octanol–water partition coefficient (Wildman–Crippen LogP) is 4.81. The van der Waals surface area contributed by atoms with Crippen molar-refractivity contribution < 1.29 is 14.3 Å². The van der Waals surface area contributed by atoms with Gasteiger partial charge in [0.2, 0.25) is 5.90 Å². The maximum atomic E-state index is 12.1. The van der Waals surface area contributed by atoms with Crippen molar-refractivity contribution in [2.75, 3.05) is 6.61 Å². The molecule has 2 aromatic carbocycles. The minimum absolute atomic E-state index is 0.283. The number of rotatable bonds is 5. The second-order valence-corrected chi connectivity index (χ2v) is 7.44. The normalized spacial score (nSPS) is 15.0. The molecule has 25 heavy (non-hydrogen) atoms. The zero-order chi connectivity index (χ0) is 17.8. The van der Waals surface area contributed by atoms with E-state index >= 15 is 0 Å². The van der Waals surface area contributed by atoms with Gasteiger partial charge in [0.15, 0.2) is 5.70 Å². The molecule has 2 aromatic rings.